The molecule has 0 fully saturated rings. The van der Waals surface area contributed by atoms with Gasteiger partial charge in [0.05, 0.1) is 0 Å². The van der Waals surface area contributed by atoms with Crippen molar-refractivity contribution in [2.75, 3.05) is 0 Å². The van der Waals surface area contributed by atoms with E-state index in [1.165, 1.54) is 0 Å². The molecule has 0 bridgehead atoms. The van der Waals surface area contributed by atoms with Crippen LogP contribution in [-0.4, -0.2) is 18.2 Å². The van der Waals surface area contributed by atoms with Gasteiger partial charge in [0.1, 0.15) is 6.10 Å². The Balaban J connectivity index is 2.26. The number of carbonyl (C=O) groups is 1. The Labute approximate surface area is 96.4 Å². The third-order valence-electron chi connectivity index (χ3n) is 2.76. The van der Waals surface area contributed by atoms with Gasteiger partial charge >= 0.3 is 6.36 Å². The summed E-state index contributed by atoms with van der Waals surface area (Å²) in [6, 6.07) is 6.74. The number of ether oxygens (including phenoxy) is 1. The van der Waals surface area contributed by atoms with Crippen molar-refractivity contribution >= 4 is 5.78 Å². The van der Waals surface area contributed by atoms with Gasteiger partial charge in [-0.25, -0.2) is 0 Å². The topological polar surface area (TPSA) is 26.3 Å². The lowest BCUT2D eigenvalue weighted by molar-refractivity contribution is -0.335. The normalized spacial score (nSPS) is 20.9. The van der Waals surface area contributed by atoms with Crippen molar-refractivity contribution in [2.45, 2.75) is 31.7 Å². The van der Waals surface area contributed by atoms with Crippen LogP contribution in [0.25, 0.3) is 0 Å². The molecule has 0 N–H and O–H groups in total. The molecule has 2 nitrogen and oxygen atoms in total. The van der Waals surface area contributed by atoms with Crippen molar-refractivity contribution in [1.82, 2.24) is 0 Å². The van der Waals surface area contributed by atoms with Crippen LogP contribution in [0, 0.1) is 0 Å². The number of fused-ring (bicyclic) bond motifs is 1. The molecule has 0 heterocycles. The molecule has 1 aromatic rings. The zero-order chi connectivity index (χ0) is 12.5. The van der Waals surface area contributed by atoms with Crippen molar-refractivity contribution in [3.05, 3.63) is 35.4 Å². The molecule has 0 saturated heterocycles. The lowest BCUT2D eigenvalue weighted by atomic mass is 10.0. The minimum Gasteiger partial charge on any atom is -0.291 e. The van der Waals surface area contributed by atoms with Crippen LogP contribution in [0.4, 0.5) is 13.2 Å². The maximum absolute atomic E-state index is 12.1. The fourth-order valence-electron chi connectivity index (χ4n) is 2.03. The van der Waals surface area contributed by atoms with Crippen molar-refractivity contribution in [3.8, 4) is 0 Å². The number of Topliss-reactive ketones (excluding diaryl/α,β-unsaturated/α-hetero) is 1. The zero-order valence-electron chi connectivity index (χ0n) is 8.96. The van der Waals surface area contributed by atoms with Gasteiger partial charge in [0, 0.05) is 5.56 Å². The molecule has 17 heavy (non-hydrogen) atoms. The quantitative estimate of drug-likeness (QED) is 0.709. The first-order valence-electron chi connectivity index (χ1n) is 5.34. The van der Waals surface area contributed by atoms with Crippen LogP contribution in [0.3, 0.4) is 0 Å². The third-order valence-corrected chi connectivity index (χ3v) is 2.76. The number of carbonyl (C=O) groups excluding carboxylic acids is 1. The maximum atomic E-state index is 12.1. The van der Waals surface area contributed by atoms with Crippen LogP contribution >= 0.6 is 0 Å². The molecule has 1 unspecified atom stereocenters. The molecule has 0 aliphatic heterocycles. The number of rotatable bonds is 1. The molecule has 1 aromatic carbocycles. The maximum Gasteiger partial charge on any atom is 0.523 e. The number of aryl methyl sites for hydroxylation is 1. The van der Waals surface area contributed by atoms with Crippen LogP contribution in [0.15, 0.2) is 24.3 Å². The molecular formula is C12H11F3O2. The first-order valence-corrected chi connectivity index (χ1v) is 5.34. The van der Waals surface area contributed by atoms with E-state index in [1.807, 2.05) is 0 Å². The highest BCUT2D eigenvalue weighted by atomic mass is 19.4. The van der Waals surface area contributed by atoms with Gasteiger partial charge in [-0.05, 0) is 24.8 Å². The van der Waals surface area contributed by atoms with E-state index >= 15 is 0 Å². The van der Waals surface area contributed by atoms with Gasteiger partial charge in [-0.3, -0.25) is 9.53 Å². The second kappa shape index (κ2) is 4.49. The summed E-state index contributed by atoms with van der Waals surface area (Å²) in [5.74, 6) is -0.574. The van der Waals surface area contributed by atoms with E-state index in [9.17, 15) is 18.0 Å². The second-order valence-corrected chi connectivity index (χ2v) is 3.97. The van der Waals surface area contributed by atoms with E-state index in [-0.39, 0.29) is 6.42 Å². The molecule has 92 valence electrons. The molecule has 0 saturated carbocycles. The third kappa shape index (κ3) is 2.85. The Morgan fingerprint density at radius 1 is 1.24 bits per heavy atom. The molecule has 0 spiro atoms. The number of hydrogen-bond acceptors (Lipinski definition) is 2. The smallest absolute Gasteiger partial charge is 0.291 e. The predicted molar refractivity (Wildman–Crippen MR) is 54.6 cm³/mol. The molecule has 1 aliphatic carbocycles. The van der Waals surface area contributed by atoms with E-state index in [4.69, 9.17) is 0 Å². The summed E-state index contributed by atoms with van der Waals surface area (Å²) < 4.78 is 40.3. The van der Waals surface area contributed by atoms with Crippen molar-refractivity contribution in [3.63, 3.8) is 0 Å². The van der Waals surface area contributed by atoms with Gasteiger partial charge in [0.2, 0.25) is 0 Å². The summed E-state index contributed by atoms with van der Waals surface area (Å²) >= 11 is 0. The van der Waals surface area contributed by atoms with Gasteiger partial charge in [-0.15, -0.1) is 13.2 Å². The largest absolute Gasteiger partial charge is 0.523 e. The molecule has 2 rings (SSSR count). The van der Waals surface area contributed by atoms with Crippen LogP contribution in [0.1, 0.15) is 28.8 Å². The number of halogens is 3. The number of alkyl halides is 3. The molecular weight excluding hydrogens is 233 g/mol. The van der Waals surface area contributed by atoms with Crippen LogP contribution in [0.5, 0.6) is 0 Å². The molecule has 1 aliphatic rings. The standard InChI is InChI=1S/C12H11F3O2/c13-12(14,15)17-10-7-3-5-8-4-1-2-6-9(8)11(10)16/h1-2,4,6,10H,3,5,7H2. The highest BCUT2D eigenvalue weighted by Gasteiger charge is 2.38. The fourth-order valence-corrected chi connectivity index (χ4v) is 2.03. The number of ketones is 1. The Bertz CT molecular complexity index is 426. The Morgan fingerprint density at radius 3 is 2.65 bits per heavy atom. The summed E-state index contributed by atoms with van der Waals surface area (Å²) in [5, 5.41) is 0. The second-order valence-electron chi connectivity index (χ2n) is 3.97. The zero-order valence-corrected chi connectivity index (χ0v) is 8.96. The average Bonchev–Trinajstić information content (AvgIpc) is 2.39. The lowest BCUT2D eigenvalue weighted by Crippen LogP contribution is -2.30. The summed E-state index contributed by atoms with van der Waals surface area (Å²) in [5.41, 5.74) is 1.14. The van der Waals surface area contributed by atoms with E-state index in [2.05, 4.69) is 4.74 Å². The van der Waals surface area contributed by atoms with Gasteiger partial charge in [-0.2, -0.15) is 0 Å². The predicted octanol–water partition coefficient (Wildman–Crippen LogP) is 3.11. The highest BCUT2D eigenvalue weighted by Crippen LogP contribution is 2.27. The van der Waals surface area contributed by atoms with Gasteiger partial charge < -0.3 is 0 Å². The Morgan fingerprint density at radius 2 is 1.94 bits per heavy atom. The summed E-state index contributed by atoms with van der Waals surface area (Å²) in [6.45, 7) is 0. The van der Waals surface area contributed by atoms with Crippen molar-refractivity contribution in [1.29, 1.82) is 0 Å². The van der Waals surface area contributed by atoms with Gasteiger partial charge in [-0.1, -0.05) is 24.3 Å². The van der Waals surface area contributed by atoms with Crippen LogP contribution in [-0.2, 0) is 11.2 Å². The number of benzene rings is 1. The fraction of sp³-hybridized carbons (Fsp3) is 0.417. The Hall–Kier alpha value is -1.36. The summed E-state index contributed by atoms with van der Waals surface area (Å²) in [4.78, 5) is 11.9. The van der Waals surface area contributed by atoms with E-state index in [1.54, 1.807) is 24.3 Å². The van der Waals surface area contributed by atoms with Gasteiger partial charge in [0.25, 0.3) is 0 Å². The minimum atomic E-state index is -4.76. The van der Waals surface area contributed by atoms with Crippen LogP contribution < -0.4 is 0 Å². The molecule has 1 atom stereocenters. The monoisotopic (exact) mass is 244 g/mol. The SMILES string of the molecule is O=C1c2ccccc2CCCC1OC(F)(F)F. The van der Waals surface area contributed by atoms with Crippen molar-refractivity contribution < 1.29 is 22.7 Å². The summed E-state index contributed by atoms with van der Waals surface area (Å²) in [7, 11) is 0. The van der Waals surface area contributed by atoms with E-state index < -0.39 is 18.2 Å². The molecule has 0 amide bonds. The highest BCUT2D eigenvalue weighted by molar-refractivity contribution is 6.01. The van der Waals surface area contributed by atoms with E-state index in [0.29, 0.717) is 18.4 Å². The average molecular weight is 244 g/mol. The van der Waals surface area contributed by atoms with Crippen LogP contribution in [0.2, 0.25) is 0 Å². The van der Waals surface area contributed by atoms with Crippen molar-refractivity contribution in [2.24, 2.45) is 0 Å². The number of hydrogen-bond donors (Lipinski definition) is 0. The lowest BCUT2D eigenvalue weighted by Gasteiger charge is -2.16. The first-order chi connectivity index (χ1) is 7.97. The molecule has 5 heteroatoms. The van der Waals surface area contributed by atoms with Gasteiger partial charge in [0.15, 0.2) is 5.78 Å². The first kappa shape index (κ1) is 12.1. The minimum absolute atomic E-state index is 0.104. The summed E-state index contributed by atoms with van der Waals surface area (Å²) in [6.07, 6.45) is -4.94. The molecule has 0 radical (unpaired) electrons. The molecule has 0 aromatic heterocycles. The van der Waals surface area contributed by atoms with E-state index in [0.717, 1.165) is 5.56 Å². The Kier molecular flexibility index (Phi) is 3.19.